The SMILES string of the molecule is CC1CCCCC1CNc1ccc(Cl)nn1. The van der Waals surface area contributed by atoms with Crippen molar-refractivity contribution in [3.8, 4) is 0 Å². The molecule has 88 valence electrons. The molecule has 3 nitrogen and oxygen atoms in total. The van der Waals surface area contributed by atoms with Gasteiger partial charge in [-0.3, -0.25) is 0 Å². The summed E-state index contributed by atoms with van der Waals surface area (Å²) in [6, 6.07) is 3.64. The van der Waals surface area contributed by atoms with Crippen molar-refractivity contribution in [1.29, 1.82) is 0 Å². The highest BCUT2D eigenvalue weighted by Gasteiger charge is 2.20. The summed E-state index contributed by atoms with van der Waals surface area (Å²) in [5.74, 6) is 2.41. The van der Waals surface area contributed by atoms with Gasteiger partial charge in [-0.2, -0.15) is 0 Å². The van der Waals surface area contributed by atoms with Crippen molar-refractivity contribution in [2.75, 3.05) is 11.9 Å². The van der Waals surface area contributed by atoms with Crippen LogP contribution in [0, 0.1) is 11.8 Å². The van der Waals surface area contributed by atoms with Crippen molar-refractivity contribution in [3.05, 3.63) is 17.3 Å². The van der Waals surface area contributed by atoms with Crippen LogP contribution in [0.3, 0.4) is 0 Å². The number of nitrogens with zero attached hydrogens (tertiary/aromatic N) is 2. The van der Waals surface area contributed by atoms with Crippen LogP contribution in [0.5, 0.6) is 0 Å². The summed E-state index contributed by atoms with van der Waals surface area (Å²) in [5, 5.41) is 11.6. The number of aromatic nitrogens is 2. The molecule has 1 N–H and O–H groups in total. The third-order valence-electron chi connectivity index (χ3n) is 3.47. The lowest BCUT2D eigenvalue weighted by Crippen LogP contribution is -2.24. The Kier molecular flexibility index (Phi) is 3.99. The summed E-state index contributed by atoms with van der Waals surface area (Å²) in [7, 11) is 0. The molecule has 0 amide bonds. The van der Waals surface area contributed by atoms with E-state index in [9.17, 15) is 0 Å². The Morgan fingerprint density at radius 1 is 1.31 bits per heavy atom. The van der Waals surface area contributed by atoms with Crippen LogP contribution in [-0.2, 0) is 0 Å². The van der Waals surface area contributed by atoms with Gasteiger partial charge in [-0.25, -0.2) is 0 Å². The molecule has 2 unspecified atom stereocenters. The van der Waals surface area contributed by atoms with Gasteiger partial charge in [0.2, 0.25) is 0 Å². The van der Waals surface area contributed by atoms with Crippen molar-refractivity contribution in [2.45, 2.75) is 32.6 Å². The number of hydrogen-bond acceptors (Lipinski definition) is 3. The van der Waals surface area contributed by atoms with Gasteiger partial charge in [-0.15, -0.1) is 10.2 Å². The molecule has 0 aliphatic heterocycles. The molecule has 1 aromatic rings. The molecule has 1 aliphatic carbocycles. The van der Waals surface area contributed by atoms with Gasteiger partial charge in [0.15, 0.2) is 5.15 Å². The van der Waals surface area contributed by atoms with Crippen LogP contribution < -0.4 is 5.32 Å². The molecule has 2 atom stereocenters. The van der Waals surface area contributed by atoms with E-state index in [1.54, 1.807) is 6.07 Å². The van der Waals surface area contributed by atoms with Gasteiger partial charge in [0, 0.05) is 6.54 Å². The van der Waals surface area contributed by atoms with E-state index in [0.717, 1.165) is 24.2 Å². The van der Waals surface area contributed by atoms with Crippen LogP contribution in [0.4, 0.5) is 5.82 Å². The van der Waals surface area contributed by atoms with E-state index in [2.05, 4.69) is 22.4 Å². The van der Waals surface area contributed by atoms with E-state index in [1.165, 1.54) is 25.7 Å². The molecule has 0 spiro atoms. The van der Waals surface area contributed by atoms with Crippen molar-refractivity contribution >= 4 is 17.4 Å². The summed E-state index contributed by atoms with van der Waals surface area (Å²) in [4.78, 5) is 0. The first kappa shape index (κ1) is 11.6. The second-order valence-electron chi connectivity index (χ2n) is 4.64. The van der Waals surface area contributed by atoms with Crippen LogP contribution in [0.2, 0.25) is 5.15 Å². The predicted octanol–water partition coefficient (Wildman–Crippen LogP) is 3.37. The van der Waals surface area contributed by atoms with Crippen LogP contribution in [-0.4, -0.2) is 16.7 Å². The average Bonchev–Trinajstić information content (AvgIpc) is 2.30. The molecule has 0 radical (unpaired) electrons. The normalized spacial score (nSPS) is 25.4. The molecular formula is C12H18ClN3. The lowest BCUT2D eigenvalue weighted by atomic mass is 9.80. The first-order valence-corrected chi connectivity index (χ1v) is 6.36. The lowest BCUT2D eigenvalue weighted by molar-refractivity contribution is 0.268. The van der Waals surface area contributed by atoms with E-state index < -0.39 is 0 Å². The highest BCUT2D eigenvalue weighted by Crippen LogP contribution is 2.29. The van der Waals surface area contributed by atoms with Gasteiger partial charge in [0.05, 0.1) is 0 Å². The average molecular weight is 240 g/mol. The second kappa shape index (κ2) is 5.48. The standard InChI is InChI=1S/C12H18ClN3/c1-9-4-2-3-5-10(9)8-14-12-7-6-11(13)15-16-12/h6-7,9-10H,2-5,8H2,1H3,(H,14,16). The van der Waals surface area contributed by atoms with Crippen LogP contribution in [0.1, 0.15) is 32.6 Å². The van der Waals surface area contributed by atoms with E-state index in [-0.39, 0.29) is 0 Å². The number of halogens is 1. The zero-order valence-corrected chi connectivity index (χ0v) is 10.4. The molecule has 4 heteroatoms. The van der Waals surface area contributed by atoms with Crippen molar-refractivity contribution in [1.82, 2.24) is 10.2 Å². The number of anilines is 1. The molecule has 0 aromatic carbocycles. The Hall–Kier alpha value is -0.830. The zero-order valence-electron chi connectivity index (χ0n) is 9.62. The molecule has 0 saturated heterocycles. The zero-order chi connectivity index (χ0) is 11.4. The molecule has 1 aromatic heterocycles. The van der Waals surface area contributed by atoms with Crippen LogP contribution >= 0.6 is 11.6 Å². The fraction of sp³-hybridized carbons (Fsp3) is 0.667. The molecule has 16 heavy (non-hydrogen) atoms. The smallest absolute Gasteiger partial charge is 0.151 e. The maximum atomic E-state index is 5.68. The maximum absolute atomic E-state index is 5.68. The van der Waals surface area contributed by atoms with Gasteiger partial charge in [0.1, 0.15) is 5.82 Å². The summed E-state index contributed by atoms with van der Waals surface area (Å²) in [5.41, 5.74) is 0. The van der Waals surface area contributed by atoms with E-state index >= 15 is 0 Å². The molecule has 1 heterocycles. The molecular weight excluding hydrogens is 222 g/mol. The molecule has 1 aliphatic rings. The first-order valence-electron chi connectivity index (χ1n) is 5.99. The Bertz CT molecular complexity index is 326. The van der Waals surface area contributed by atoms with Gasteiger partial charge >= 0.3 is 0 Å². The van der Waals surface area contributed by atoms with Gasteiger partial charge in [0.25, 0.3) is 0 Å². The summed E-state index contributed by atoms with van der Waals surface area (Å²) in [6.45, 7) is 3.34. The summed E-state index contributed by atoms with van der Waals surface area (Å²) >= 11 is 5.68. The summed E-state index contributed by atoms with van der Waals surface area (Å²) in [6.07, 6.45) is 5.44. The maximum Gasteiger partial charge on any atom is 0.151 e. The largest absolute Gasteiger partial charge is 0.368 e. The topological polar surface area (TPSA) is 37.8 Å². The fourth-order valence-electron chi connectivity index (χ4n) is 2.34. The van der Waals surface area contributed by atoms with E-state index in [1.807, 2.05) is 6.07 Å². The minimum absolute atomic E-state index is 0.441. The Balaban J connectivity index is 1.84. The van der Waals surface area contributed by atoms with E-state index in [0.29, 0.717) is 5.15 Å². The Morgan fingerprint density at radius 2 is 2.12 bits per heavy atom. The molecule has 1 saturated carbocycles. The van der Waals surface area contributed by atoms with Gasteiger partial charge in [-0.1, -0.05) is 37.8 Å². The van der Waals surface area contributed by atoms with Crippen LogP contribution in [0.15, 0.2) is 12.1 Å². The van der Waals surface area contributed by atoms with Gasteiger partial charge in [-0.05, 0) is 30.4 Å². The van der Waals surface area contributed by atoms with Crippen LogP contribution in [0.25, 0.3) is 0 Å². The van der Waals surface area contributed by atoms with Gasteiger partial charge < -0.3 is 5.32 Å². The van der Waals surface area contributed by atoms with Crippen molar-refractivity contribution in [2.24, 2.45) is 11.8 Å². The summed E-state index contributed by atoms with van der Waals surface area (Å²) < 4.78 is 0. The molecule has 1 fully saturated rings. The third-order valence-corrected chi connectivity index (χ3v) is 3.67. The quantitative estimate of drug-likeness (QED) is 0.879. The van der Waals surface area contributed by atoms with Crippen molar-refractivity contribution in [3.63, 3.8) is 0 Å². The second-order valence-corrected chi connectivity index (χ2v) is 5.03. The number of hydrogen-bond donors (Lipinski definition) is 1. The minimum atomic E-state index is 0.441. The lowest BCUT2D eigenvalue weighted by Gasteiger charge is -2.28. The third kappa shape index (κ3) is 3.08. The highest BCUT2D eigenvalue weighted by molar-refractivity contribution is 6.29. The molecule has 2 rings (SSSR count). The minimum Gasteiger partial charge on any atom is -0.368 e. The Labute approximate surface area is 102 Å². The number of nitrogens with one attached hydrogen (secondary N) is 1. The highest BCUT2D eigenvalue weighted by atomic mass is 35.5. The Morgan fingerprint density at radius 3 is 2.81 bits per heavy atom. The predicted molar refractivity (Wildman–Crippen MR) is 66.7 cm³/mol. The van der Waals surface area contributed by atoms with E-state index in [4.69, 9.17) is 11.6 Å². The first-order chi connectivity index (χ1) is 7.75. The monoisotopic (exact) mass is 239 g/mol. The number of rotatable bonds is 3. The fourth-order valence-corrected chi connectivity index (χ4v) is 2.44. The molecule has 0 bridgehead atoms. The van der Waals surface area contributed by atoms with Crippen molar-refractivity contribution < 1.29 is 0 Å².